The van der Waals surface area contributed by atoms with Crippen LogP contribution >= 0.6 is 0 Å². The summed E-state index contributed by atoms with van der Waals surface area (Å²) in [5, 5.41) is 13.2. The molecule has 1 unspecified atom stereocenters. The van der Waals surface area contributed by atoms with E-state index in [1.54, 1.807) is 0 Å². The van der Waals surface area contributed by atoms with Gasteiger partial charge in [-0.3, -0.25) is 14.4 Å². The topological polar surface area (TPSA) is 95.5 Å². The third-order valence-electron chi connectivity index (χ3n) is 2.25. The van der Waals surface area contributed by atoms with Crippen LogP contribution in [0.4, 0.5) is 10.1 Å². The van der Waals surface area contributed by atoms with Gasteiger partial charge in [0.15, 0.2) is 0 Å². The summed E-state index contributed by atoms with van der Waals surface area (Å²) in [7, 11) is 0. The Hall–Kier alpha value is -2.44. The highest BCUT2D eigenvalue weighted by Gasteiger charge is 2.18. The number of aliphatic carboxylic acids is 1. The first-order valence-corrected chi connectivity index (χ1v) is 5.42. The van der Waals surface area contributed by atoms with E-state index in [1.807, 2.05) is 0 Å². The smallest absolute Gasteiger partial charge is 0.325 e. The Morgan fingerprint density at radius 1 is 1.32 bits per heavy atom. The van der Waals surface area contributed by atoms with Gasteiger partial charge in [-0.05, 0) is 25.1 Å². The summed E-state index contributed by atoms with van der Waals surface area (Å²) in [6.45, 7) is 2.53. The molecule has 1 rings (SSSR count). The molecule has 0 saturated carbocycles. The molecule has 0 aliphatic carbocycles. The van der Waals surface area contributed by atoms with E-state index in [9.17, 15) is 18.8 Å². The van der Waals surface area contributed by atoms with Crippen LogP contribution in [0.2, 0.25) is 0 Å². The van der Waals surface area contributed by atoms with Crippen molar-refractivity contribution in [3.63, 3.8) is 0 Å². The molecule has 3 N–H and O–H groups in total. The quantitative estimate of drug-likeness (QED) is 0.758. The molecule has 0 fully saturated rings. The highest BCUT2D eigenvalue weighted by atomic mass is 19.1. The maximum atomic E-state index is 13.5. The number of benzene rings is 1. The van der Waals surface area contributed by atoms with Crippen molar-refractivity contribution in [2.75, 3.05) is 5.32 Å². The van der Waals surface area contributed by atoms with E-state index >= 15 is 0 Å². The van der Waals surface area contributed by atoms with Gasteiger partial charge in [0.2, 0.25) is 5.91 Å². The normalized spacial score (nSPS) is 11.5. The maximum absolute atomic E-state index is 13.5. The molecular weight excluding hydrogens is 255 g/mol. The highest BCUT2D eigenvalue weighted by molar-refractivity contribution is 5.98. The molecule has 1 atom stereocenters. The number of nitrogens with one attached hydrogen (secondary N) is 2. The second kappa shape index (κ2) is 5.94. The second-order valence-corrected chi connectivity index (χ2v) is 3.91. The van der Waals surface area contributed by atoms with Crippen LogP contribution in [-0.4, -0.2) is 28.9 Å². The van der Waals surface area contributed by atoms with Gasteiger partial charge in [0.05, 0.1) is 5.56 Å². The van der Waals surface area contributed by atoms with Crippen LogP contribution in [0, 0.1) is 5.82 Å². The van der Waals surface area contributed by atoms with Crippen molar-refractivity contribution in [1.29, 1.82) is 0 Å². The summed E-state index contributed by atoms with van der Waals surface area (Å²) in [5.74, 6) is -3.26. The lowest BCUT2D eigenvalue weighted by atomic mass is 10.1. The van der Waals surface area contributed by atoms with E-state index in [0.29, 0.717) is 0 Å². The van der Waals surface area contributed by atoms with Crippen LogP contribution in [0.1, 0.15) is 24.2 Å². The summed E-state index contributed by atoms with van der Waals surface area (Å²) < 4.78 is 13.5. The molecule has 1 aromatic rings. The number of rotatable bonds is 4. The van der Waals surface area contributed by atoms with Crippen LogP contribution in [0.3, 0.4) is 0 Å². The minimum Gasteiger partial charge on any atom is -0.480 e. The summed E-state index contributed by atoms with van der Waals surface area (Å²) >= 11 is 0. The minimum atomic E-state index is -1.23. The predicted octanol–water partition coefficient (Wildman–Crippen LogP) is 0.987. The van der Waals surface area contributed by atoms with Gasteiger partial charge in [-0.2, -0.15) is 0 Å². The maximum Gasteiger partial charge on any atom is 0.325 e. The molecule has 6 nitrogen and oxygen atoms in total. The molecule has 0 heterocycles. The number of carboxylic acids is 1. The molecular formula is C12H13FN2O4. The Morgan fingerprint density at radius 2 is 1.95 bits per heavy atom. The average molecular weight is 268 g/mol. The van der Waals surface area contributed by atoms with Crippen molar-refractivity contribution in [1.82, 2.24) is 5.32 Å². The van der Waals surface area contributed by atoms with Crippen LogP contribution in [0.15, 0.2) is 18.2 Å². The molecule has 0 aliphatic rings. The molecule has 0 radical (unpaired) electrons. The van der Waals surface area contributed by atoms with Crippen LogP contribution in [0.5, 0.6) is 0 Å². The lowest BCUT2D eigenvalue weighted by molar-refractivity contribution is -0.138. The molecule has 0 saturated heterocycles. The zero-order valence-electron chi connectivity index (χ0n) is 10.4. The Bertz CT molecular complexity index is 530. The highest BCUT2D eigenvalue weighted by Crippen LogP contribution is 2.15. The van der Waals surface area contributed by atoms with Gasteiger partial charge < -0.3 is 15.7 Å². The Morgan fingerprint density at radius 3 is 2.47 bits per heavy atom. The van der Waals surface area contributed by atoms with Gasteiger partial charge in [0, 0.05) is 12.6 Å². The fourth-order valence-corrected chi connectivity index (χ4v) is 1.32. The third-order valence-corrected chi connectivity index (χ3v) is 2.25. The number of halogens is 1. The van der Waals surface area contributed by atoms with Crippen molar-refractivity contribution in [2.45, 2.75) is 19.9 Å². The number of anilines is 1. The zero-order valence-corrected chi connectivity index (χ0v) is 10.4. The molecule has 19 heavy (non-hydrogen) atoms. The number of carboxylic acid groups (broad SMARTS) is 1. The first kappa shape index (κ1) is 14.6. The van der Waals surface area contributed by atoms with Crippen LogP contribution in [0.25, 0.3) is 0 Å². The SMILES string of the molecule is CC(=O)Nc1ccc(F)c(C(=O)NC(C)C(=O)O)c1. The Labute approximate surface area is 108 Å². The first-order valence-electron chi connectivity index (χ1n) is 5.42. The van der Waals surface area contributed by atoms with Gasteiger partial charge in [-0.25, -0.2) is 4.39 Å². The second-order valence-electron chi connectivity index (χ2n) is 3.91. The van der Waals surface area contributed by atoms with E-state index < -0.39 is 23.7 Å². The molecule has 2 amide bonds. The summed E-state index contributed by atoms with van der Waals surface area (Å²) in [4.78, 5) is 33.2. The lowest BCUT2D eigenvalue weighted by Gasteiger charge is -2.11. The number of carbonyl (C=O) groups excluding carboxylic acids is 2. The summed E-state index contributed by atoms with van der Waals surface area (Å²) in [6, 6.07) is 2.32. The van der Waals surface area contributed by atoms with Crippen molar-refractivity contribution >= 4 is 23.5 Å². The number of hydrogen-bond donors (Lipinski definition) is 3. The van der Waals surface area contributed by atoms with Gasteiger partial charge >= 0.3 is 5.97 Å². The van der Waals surface area contributed by atoms with E-state index in [1.165, 1.54) is 19.9 Å². The van der Waals surface area contributed by atoms with Crippen molar-refractivity contribution in [3.8, 4) is 0 Å². The summed E-state index contributed by atoms with van der Waals surface area (Å²) in [6.07, 6.45) is 0. The number of amides is 2. The van der Waals surface area contributed by atoms with Gasteiger partial charge in [-0.1, -0.05) is 0 Å². The van der Waals surface area contributed by atoms with E-state index in [2.05, 4.69) is 10.6 Å². The molecule has 7 heteroatoms. The van der Waals surface area contributed by atoms with Crippen molar-refractivity contribution < 1.29 is 23.9 Å². The van der Waals surface area contributed by atoms with Gasteiger partial charge in [-0.15, -0.1) is 0 Å². The van der Waals surface area contributed by atoms with Gasteiger partial charge in [0.1, 0.15) is 11.9 Å². The Balaban J connectivity index is 2.95. The van der Waals surface area contributed by atoms with Gasteiger partial charge in [0.25, 0.3) is 5.91 Å². The van der Waals surface area contributed by atoms with Crippen molar-refractivity contribution in [3.05, 3.63) is 29.6 Å². The lowest BCUT2D eigenvalue weighted by Crippen LogP contribution is -2.38. The minimum absolute atomic E-state index is 0.252. The number of carbonyl (C=O) groups is 3. The Kier molecular flexibility index (Phi) is 4.57. The van der Waals surface area contributed by atoms with Crippen LogP contribution < -0.4 is 10.6 Å². The third kappa shape index (κ3) is 4.06. The van der Waals surface area contributed by atoms with Crippen LogP contribution in [-0.2, 0) is 9.59 Å². The van der Waals surface area contributed by atoms with E-state index in [0.717, 1.165) is 12.1 Å². The largest absolute Gasteiger partial charge is 0.480 e. The van der Waals surface area contributed by atoms with Crippen molar-refractivity contribution in [2.24, 2.45) is 0 Å². The molecule has 102 valence electrons. The summed E-state index contributed by atoms with van der Waals surface area (Å²) in [5.41, 5.74) is -0.0821. The molecule has 0 aromatic heterocycles. The standard InChI is InChI=1S/C12H13FN2O4/c1-6(12(18)19)14-11(17)9-5-8(15-7(2)16)3-4-10(9)13/h3-6H,1-2H3,(H,14,17)(H,15,16)(H,18,19). The van der Waals surface area contributed by atoms with E-state index in [-0.39, 0.29) is 17.2 Å². The molecule has 0 aliphatic heterocycles. The molecule has 0 spiro atoms. The zero-order chi connectivity index (χ0) is 14.6. The average Bonchev–Trinajstić information content (AvgIpc) is 2.30. The van der Waals surface area contributed by atoms with E-state index in [4.69, 9.17) is 5.11 Å². The fourth-order valence-electron chi connectivity index (χ4n) is 1.32. The first-order chi connectivity index (χ1) is 8.81. The fraction of sp³-hybridized carbons (Fsp3) is 0.250. The predicted molar refractivity (Wildman–Crippen MR) is 65.3 cm³/mol. The number of hydrogen-bond acceptors (Lipinski definition) is 3. The molecule has 1 aromatic carbocycles. The molecule has 0 bridgehead atoms. The monoisotopic (exact) mass is 268 g/mol.